The summed E-state index contributed by atoms with van der Waals surface area (Å²) in [6, 6.07) is 5.21. The highest BCUT2D eigenvalue weighted by Crippen LogP contribution is 2.33. The molecule has 0 unspecified atom stereocenters. The number of nitrogen functional groups attached to an aromatic ring is 2. The van der Waals surface area contributed by atoms with Crippen LogP contribution in [0.4, 0.5) is 11.8 Å². The Hall–Kier alpha value is -1.56. The number of hydrogen-bond acceptors (Lipinski definition) is 5. The van der Waals surface area contributed by atoms with Crippen LogP contribution >= 0.6 is 23.2 Å². The zero-order valence-electron chi connectivity index (χ0n) is 10.9. The normalized spacial score (nSPS) is 10.8. The van der Waals surface area contributed by atoms with Gasteiger partial charge in [0.2, 0.25) is 5.95 Å². The van der Waals surface area contributed by atoms with Crippen molar-refractivity contribution in [1.29, 1.82) is 0 Å². The molecule has 7 heteroatoms. The first-order chi connectivity index (χ1) is 9.52. The number of hydrogen-bond donors (Lipinski definition) is 2. The van der Waals surface area contributed by atoms with E-state index in [1.807, 2.05) is 6.92 Å². The largest absolute Gasteiger partial charge is 0.383 e. The Bertz CT molecular complexity index is 634. The third-order valence-corrected chi connectivity index (χ3v) is 3.42. The van der Waals surface area contributed by atoms with Crippen molar-refractivity contribution >= 4 is 35.0 Å². The molecule has 4 N–H and O–H groups in total. The molecule has 1 aromatic heterocycles. The number of benzene rings is 1. The molecule has 0 atom stereocenters. The van der Waals surface area contributed by atoms with Crippen molar-refractivity contribution in [3.8, 4) is 11.1 Å². The Morgan fingerprint density at radius 1 is 1.15 bits per heavy atom. The van der Waals surface area contributed by atoms with Crippen LogP contribution in [0.1, 0.15) is 12.6 Å². The van der Waals surface area contributed by atoms with E-state index < -0.39 is 0 Å². The van der Waals surface area contributed by atoms with E-state index in [1.165, 1.54) is 0 Å². The van der Waals surface area contributed by atoms with Gasteiger partial charge in [0.15, 0.2) is 0 Å². The highest BCUT2D eigenvalue weighted by molar-refractivity contribution is 6.42. The van der Waals surface area contributed by atoms with Gasteiger partial charge in [0.05, 0.1) is 22.3 Å². The molecule has 1 heterocycles. The molecule has 0 aliphatic rings. The second-order valence-corrected chi connectivity index (χ2v) is 4.87. The van der Waals surface area contributed by atoms with Crippen molar-refractivity contribution in [2.24, 2.45) is 0 Å². The fraction of sp³-hybridized carbons (Fsp3) is 0.231. The van der Waals surface area contributed by atoms with Gasteiger partial charge in [0, 0.05) is 12.2 Å². The molecule has 0 saturated heterocycles. The minimum absolute atomic E-state index is 0.112. The summed E-state index contributed by atoms with van der Waals surface area (Å²) in [5, 5.41) is 0.902. The predicted octanol–water partition coefficient (Wildman–Crippen LogP) is 3.15. The van der Waals surface area contributed by atoms with Gasteiger partial charge in [-0.05, 0) is 24.6 Å². The van der Waals surface area contributed by atoms with Crippen LogP contribution in [0, 0.1) is 0 Å². The summed E-state index contributed by atoms with van der Waals surface area (Å²) in [5.41, 5.74) is 13.6. The lowest BCUT2D eigenvalue weighted by atomic mass is 10.0. The van der Waals surface area contributed by atoms with Crippen LogP contribution in [-0.4, -0.2) is 16.6 Å². The summed E-state index contributed by atoms with van der Waals surface area (Å²) in [4.78, 5) is 8.17. The Morgan fingerprint density at radius 3 is 2.55 bits per heavy atom. The first-order valence-corrected chi connectivity index (χ1v) is 6.73. The summed E-state index contributed by atoms with van der Waals surface area (Å²) in [7, 11) is 0. The molecule has 1 aromatic carbocycles. The Morgan fingerprint density at radius 2 is 1.90 bits per heavy atom. The molecule has 0 bridgehead atoms. The quantitative estimate of drug-likeness (QED) is 0.905. The SMILES string of the molecule is CCOCc1nc(N)nc(N)c1-c1ccc(Cl)c(Cl)c1. The fourth-order valence-electron chi connectivity index (χ4n) is 1.82. The van der Waals surface area contributed by atoms with Crippen molar-refractivity contribution < 1.29 is 4.74 Å². The molecule has 0 saturated carbocycles. The molecular weight excluding hydrogens is 299 g/mol. The fourth-order valence-corrected chi connectivity index (χ4v) is 2.11. The molecule has 2 aromatic rings. The third-order valence-electron chi connectivity index (χ3n) is 2.68. The predicted molar refractivity (Wildman–Crippen MR) is 81.6 cm³/mol. The number of nitrogens with zero attached hydrogens (tertiary/aromatic N) is 2. The molecule has 20 heavy (non-hydrogen) atoms. The molecule has 0 aliphatic heterocycles. The van der Waals surface area contributed by atoms with Crippen LogP contribution in [-0.2, 0) is 11.3 Å². The number of anilines is 2. The smallest absolute Gasteiger partial charge is 0.222 e. The molecule has 0 amide bonds. The van der Waals surface area contributed by atoms with Crippen molar-refractivity contribution in [2.45, 2.75) is 13.5 Å². The lowest BCUT2D eigenvalue weighted by molar-refractivity contribution is 0.131. The molecule has 5 nitrogen and oxygen atoms in total. The van der Waals surface area contributed by atoms with Gasteiger partial charge in [0.25, 0.3) is 0 Å². The topological polar surface area (TPSA) is 87.0 Å². The first kappa shape index (κ1) is 14.8. The maximum absolute atomic E-state index is 6.03. The van der Waals surface area contributed by atoms with Crippen LogP contribution in [0.3, 0.4) is 0 Å². The van der Waals surface area contributed by atoms with E-state index in [0.717, 1.165) is 5.56 Å². The van der Waals surface area contributed by atoms with Gasteiger partial charge in [-0.3, -0.25) is 0 Å². The van der Waals surface area contributed by atoms with Crippen molar-refractivity contribution in [1.82, 2.24) is 9.97 Å². The van der Waals surface area contributed by atoms with Gasteiger partial charge in [-0.25, -0.2) is 4.98 Å². The van der Waals surface area contributed by atoms with E-state index in [2.05, 4.69) is 9.97 Å². The maximum Gasteiger partial charge on any atom is 0.222 e. The van der Waals surface area contributed by atoms with E-state index >= 15 is 0 Å². The first-order valence-electron chi connectivity index (χ1n) is 5.98. The molecule has 0 fully saturated rings. The lowest BCUT2D eigenvalue weighted by Gasteiger charge is -2.12. The van der Waals surface area contributed by atoms with Gasteiger partial charge < -0.3 is 16.2 Å². The number of ether oxygens (including phenoxy) is 1. The van der Waals surface area contributed by atoms with Gasteiger partial charge >= 0.3 is 0 Å². The number of nitrogens with two attached hydrogens (primary N) is 2. The lowest BCUT2D eigenvalue weighted by Crippen LogP contribution is -2.08. The van der Waals surface area contributed by atoms with Crippen molar-refractivity contribution in [2.75, 3.05) is 18.1 Å². The molecular formula is C13H14Cl2N4O. The molecule has 0 spiro atoms. The van der Waals surface area contributed by atoms with E-state index in [4.69, 9.17) is 39.4 Å². The minimum atomic E-state index is 0.112. The van der Waals surface area contributed by atoms with Crippen LogP contribution in [0.15, 0.2) is 18.2 Å². The summed E-state index contributed by atoms with van der Waals surface area (Å²) in [5.74, 6) is 0.395. The van der Waals surface area contributed by atoms with Gasteiger partial charge in [-0.2, -0.15) is 4.98 Å². The monoisotopic (exact) mass is 312 g/mol. The molecule has 106 valence electrons. The van der Waals surface area contributed by atoms with E-state index in [1.54, 1.807) is 18.2 Å². The standard InChI is InChI=1S/C13H14Cl2N4O/c1-2-20-6-10-11(12(16)19-13(17)18-10)7-3-4-8(14)9(15)5-7/h3-5H,2,6H2,1H3,(H4,16,17,18,19). The van der Waals surface area contributed by atoms with Gasteiger partial charge in [-0.15, -0.1) is 0 Å². The average Bonchev–Trinajstić information content (AvgIpc) is 2.39. The zero-order valence-corrected chi connectivity index (χ0v) is 12.4. The minimum Gasteiger partial charge on any atom is -0.383 e. The summed E-state index contributed by atoms with van der Waals surface area (Å²) >= 11 is 12.0. The van der Waals surface area contributed by atoms with Gasteiger partial charge in [-0.1, -0.05) is 29.3 Å². The molecule has 0 aliphatic carbocycles. The maximum atomic E-state index is 6.03. The Labute approximate surface area is 126 Å². The Balaban J connectivity index is 2.55. The highest BCUT2D eigenvalue weighted by Gasteiger charge is 2.14. The van der Waals surface area contributed by atoms with Crippen LogP contribution in [0.25, 0.3) is 11.1 Å². The van der Waals surface area contributed by atoms with Crippen LogP contribution in [0.5, 0.6) is 0 Å². The second kappa shape index (κ2) is 6.26. The molecule has 2 rings (SSSR count). The Kier molecular flexibility index (Phi) is 4.65. The van der Waals surface area contributed by atoms with Crippen LogP contribution in [0.2, 0.25) is 10.0 Å². The second-order valence-electron chi connectivity index (χ2n) is 4.05. The van der Waals surface area contributed by atoms with Crippen LogP contribution < -0.4 is 11.5 Å². The van der Waals surface area contributed by atoms with E-state index in [0.29, 0.717) is 34.5 Å². The zero-order chi connectivity index (χ0) is 14.7. The van der Waals surface area contributed by atoms with E-state index in [9.17, 15) is 0 Å². The third kappa shape index (κ3) is 3.12. The number of rotatable bonds is 4. The van der Waals surface area contributed by atoms with Crippen molar-refractivity contribution in [3.63, 3.8) is 0 Å². The van der Waals surface area contributed by atoms with E-state index in [-0.39, 0.29) is 11.8 Å². The summed E-state index contributed by atoms with van der Waals surface area (Å²) in [6.45, 7) is 2.75. The average molecular weight is 313 g/mol. The summed E-state index contributed by atoms with van der Waals surface area (Å²) in [6.07, 6.45) is 0. The van der Waals surface area contributed by atoms with Gasteiger partial charge in [0.1, 0.15) is 5.82 Å². The molecule has 0 radical (unpaired) electrons. The van der Waals surface area contributed by atoms with Crippen molar-refractivity contribution in [3.05, 3.63) is 33.9 Å². The number of aromatic nitrogens is 2. The summed E-state index contributed by atoms with van der Waals surface area (Å²) < 4.78 is 5.39. The number of halogens is 2. The highest BCUT2D eigenvalue weighted by atomic mass is 35.5.